The van der Waals surface area contributed by atoms with Crippen molar-refractivity contribution in [1.29, 1.82) is 0 Å². The lowest BCUT2D eigenvalue weighted by Crippen LogP contribution is -2.48. The first-order valence-electron chi connectivity index (χ1n) is 14.5. The van der Waals surface area contributed by atoms with E-state index in [2.05, 4.69) is 17.4 Å². The second kappa shape index (κ2) is 12.1. The Morgan fingerprint density at radius 2 is 1.85 bits per heavy atom. The summed E-state index contributed by atoms with van der Waals surface area (Å²) in [5.74, 6) is 1.92. The third-order valence-corrected chi connectivity index (χ3v) is 8.50. The third-order valence-electron chi connectivity index (χ3n) is 8.50. The van der Waals surface area contributed by atoms with Crippen molar-refractivity contribution in [1.82, 2.24) is 14.8 Å². The van der Waals surface area contributed by atoms with Gasteiger partial charge in [0.2, 0.25) is 5.91 Å². The molecule has 0 atom stereocenters. The first-order valence-corrected chi connectivity index (χ1v) is 14.5. The highest BCUT2D eigenvalue weighted by Crippen LogP contribution is 2.37. The van der Waals surface area contributed by atoms with Gasteiger partial charge in [0.1, 0.15) is 17.2 Å². The summed E-state index contributed by atoms with van der Waals surface area (Å²) in [6, 6.07) is 16.2. The Kier molecular flexibility index (Phi) is 8.44. The SMILES string of the molecule is CCOc1ccc2c(c1)cc(C(=O)N1CCC3(CCCCc4ccccc4OCCCC(=O)NC3)CC1)n2C. The molecule has 0 unspecified atom stereocenters. The second-order valence-corrected chi connectivity index (χ2v) is 11.1. The zero-order valence-corrected chi connectivity index (χ0v) is 23.3. The number of carbonyl (C=O) groups excluding carboxylic acids is 2. The summed E-state index contributed by atoms with van der Waals surface area (Å²) in [4.78, 5) is 28.2. The number of piperidine rings is 1. The molecule has 1 aromatic heterocycles. The molecular formula is C32H41N3O4. The van der Waals surface area contributed by atoms with Crippen LogP contribution in [0, 0.1) is 5.41 Å². The van der Waals surface area contributed by atoms with E-state index in [4.69, 9.17) is 9.47 Å². The highest BCUT2D eigenvalue weighted by atomic mass is 16.5. The number of likely N-dealkylation sites (tertiary alicyclic amines) is 1. The van der Waals surface area contributed by atoms with E-state index in [0.29, 0.717) is 51.4 Å². The van der Waals surface area contributed by atoms with Crippen LogP contribution >= 0.6 is 0 Å². The minimum Gasteiger partial charge on any atom is -0.494 e. The van der Waals surface area contributed by atoms with Gasteiger partial charge in [-0.2, -0.15) is 0 Å². The van der Waals surface area contributed by atoms with Crippen molar-refractivity contribution in [3.8, 4) is 11.5 Å². The summed E-state index contributed by atoms with van der Waals surface area (Å²) in [5, 5.41) is 4.24. The monoisotopic (exact) mass is 531 g/mol. The van der Waals surface area contributed by atoms with Gasteiger partial charge in [0.05, 0.1) is 13.2 Å². The van der Waals surface area contributed by atoms with Crippen LogP contribution in [0.2, 0.25) is 0 Å². The van der Waals surface area contributed by atoms with Crippen LogP contribution in [0.25, 0.3) is 10.9 Å². The molecular weight excluding hydrogens is 490 g/mol. The van der Waals surface area contributed by atoms with Crippen LogP contribution in [-0.2, 0) is 18.3 Å². The second-order valence-electron chi connectivity index (χ2n) is 11.1. The number of rotatable bonds is 3. The minimum absolute atomic E-state index is 0.0257. The molecule has 1 spiro atoms. The number of aromatic nitrogens is 1. The maximum absolute atomic E-state index is 13.6. The summed E-state index contributed by atoms with van der Waals surface area (Å²) in [6.07, 6.45) is 7.18. The van der Waals surface area contributed by atoms with Gasteiger partial charge in [0.25, 0.3) is 5.91 Å². The molecule has 7 nitrogen and oxygen atoms in total. The molecule has 1 N–H and O–H groups in total. The van der Waals surface area contributed by atoms with Crippen LogP contribution in [0.4, 0.5) is 0 Å². The Morgan fingerprint density at radius 3 is 2.67 bits per heavy atom. The van der Waals surface area contributed by atoms with E-state index in [1.165, 1.54) is 5.56 Å². The van der Waals surface area contributed by atoms with E-state index in [9.17, 15) is 9.59 Å². The lowest BCUT2D eigenvalue weighted by Gasteiger charge is -2.42. The Hall–Kier alpha value is -3.48. The molecule has 3 aromatic rings. The fourth-order valence-corrected chi connectivity index (χ4v) is 6.11. The number of nitrogens with zero attached hydrogens (tertiary/aromatic N) is 2. The highest BCUT2D eigenvalue weighted by Gasteiger charge is 2.36. The summed E-state index contributed by atoms with van der Waals surface area (Å²) >= 11 is 0. The van der Waals surface area contributed by atoms with Crippen molar-refractivity contribution in [2.45, 2.75) is 58.3 Å². The largest absolute Gasteiger partial charge is 0.494 e. The number of ether oxygens (including phenoxy) is 2. The van der Waals surface area contributed by atoms with Crippen LogP contribution in [0.5, 0.6) is 11.5 Å². The molecule has 2 aromatic carbocycles. The van der Waals surface area contributed by atoms with Gasteiger partial charge in [0, 0.05) is 44.0 Å². The van der Waals surface area contributed by atoms with Gasteiger partial charge in [-0.15, -0.1) is 0 Å². The molecule has 0 saturated carbocycles. The Labute approximate surface area is 231 Å². The fraction of sp³-hybridized carbons (Fsp3) is 0.500. The molecule has 2 amide bonds. The van der Waals surface area contributed by atoms with Gasteiger partial charge in [-0.3, -0.25) is 9.59 Å². The van der Waals surface area contributed by atoms with E-state index in [1.807, 2.05) is 59.8 Å². The maximum atomic E-state index is 13.6. The van der Waals surface area contributed by atoms with Crippen LogP contribution in [0.1, 0.15) is 67.9 Å². The molecule has 1 fully saturated rings. The number of hydrogen-bond donors (Lipinski definition) is 1. The summed E-state index contributed by atoms with van der Waals surface area (Å²) in [5.41, 5.74) is 3.00. The molecule has 208 valence electrons. The van der Waals surface area contributed by atoms with Crippen molar-refractivity contribution in [2.75, 3.05) is 32.8 Å². The molecule has 0 radical (unpaired) electrons. The van der Waals surface area contributed by atoms with Gasteiger partial charge < -0.3 is 24.3 Å². The number of amides is 2. The predicted octanol–water partition coefficient (Wildman–Crippen LogP) is 5.50. The minimum atomic E-state index is 0.0257. The average molecular weight is 532 g/mol. The van der Waals surface area contributed by atoms with Gasteiger partial charge in [-0.05, 0) is 86.8 Å². The molecule has 5 rings (SSSR count). The number of hydrogen-bond acceptors (Lipinski definition) is 4. The van der Waals surface area contributed by atoms with Gasteiger partial charge in [-0.1, -0.05) is 24.6 Å². The number of fused-ring (bicyclic) bond motifs is 2. The molecule has 2 aliphatic rings. The van der Waals surface area contributed by atoms with E-state index < -0.39 is 0 Å². The van der Waals surface area contributed by atoms with Crippen molar-refractivity contribution >= 4 is 22.7 Å². The molecule has 0 bridgehead atoms. The molecule has 7 heteroatoms. The van der Waals surface area contributed by atoms with Crippen LogP contribution in [-0.4, -0.2) is 54.1 Å². The number of benzene rings is 2. The summed E-state index contributed by atoms with van der Waals surface area (Å²) < 4.78 is 13.6. The number of nitrogens with one attached hydrogen (secondary N) is 1. The molecule has 0 aliphatic carbocycles. The van der Waals surface area contributed by atoms with Crippen molar-refractivity contribution in [3.05, 3.63) is 59.8 Å². The lowest BCUT2D eigenvalue weighted by molar-refractivity contribution is -0.122. The van der Waals surface area contributed by atoms with Gasteiger partial charge >= 0.3 is 0 Å². The number of aryl methyl sites for hydroxylation is 2. The van der Waals surface area contributed by atoms with Gasteiger partial charge in [0.15, 0.2) is 0 Å². The molecule has 1 saturated heterocycles. The van der Waals surface area contributed by atoms with Gasteiger partial charge in [-0.25, -0.2) is 0 Å². The molecule has 3 heterocycles. The average Bonchev–Trinajstić information content (AvgIpc) is 3.28. The first-order chi connectivity index (χ1) is 19.0. The van der Waals surface area contributed by atoms with E-state index in [-0.39, 0.29) is 17.2 Å². The first kappa shape index (κ1) is 27.1. The van der Waals surface area contributed by atoms with Crippen LogP contribution < -0.4 is 14.8 Å². The van der Waals surface area contributed by atoms with E-state index >= 15 is 0 Å². The highest BCUT2D eigenvalue weighted by molar-refractivity contribution is 5.99. The topological polar surface area (TPSA) is 72.8 Å². The predicted molar refractivity (Wildman–Crippen MR) is 153 cm³/mol. The normalized spacial score (nSPS) is 18.6. The smallest absolute Gasteiger partial charge is 0.270 e. The zero-order valence-electron chi connectivity index (χ0n) is 23.3. The van der Waals surface area contributed by atoms with Crippen molar-refractivity contribution in [3.63, 3.8) is 0 Å². The zero-order chi connectivity index (χ0) is 27.2. The Bertz CT molecular complexity index is 1310. The fourth-order valence-electron chi connectivity index (χ4n) is 6.11. The quantitative estimate of drug-likeness (QED) is 0.484. The Morgan fingerprint density at radius 1 is 1.03 bits per heavy atom. The van der Waals surface area contributed by atoms with Crippen molar-refractivity contribution in [2.24, 2.45) is 12.5 Å². The molecule has 39 heavy (non-hydrogen) atoms. The van der Waals surface area contributed by atoms with Crippen LogP contribution in [0.3, 0.4) is 0 Å². The third kappa shape index (κ3) is 6.23. The number of para-hydroxylation sites is 1. The standard InChI is InChI=1S/C32H41N3O4/c1-3-38-26-13-14-27-25(21-26)22-28(34(27)2)31(37)35-18-16-32(17-19-35)15-7-6-10-24-9-4-5-11-29(24)39-20-8-12-30(36)33-23-32/h4-5,9,11,13-14,21-22H,3,6-8,10,12,15-20,23H2,1-2H3,(H,33,36). The molecule has 2 aliphatic heterocycles. The van der Waals surface area contributed by atoms with E-state index in [1.54, 1.807) is 0 Å². The van der Waals surface area contributed by atoms with E-state index in [0.717, 1.165) is 60.9 Å². The maximum Gasteiger partial charge on any atom is 0.270 e. The van der Waals surface area contributed by atoms with Crippen LogP contribution in [0.15, 0.2) is 48.5 Å². The Balaban J connectivity index is 1.26. The van der Waals surface area contributed by atoms with Crippen molar-refractivity contribution < 1.29 is 19.1 Å². The lowest BCUT2D eigenvalue weighted by atomic mass is 9.74. The number of carbonyl (C=O) groups is 2. The summed E-state index contributed by atoms with van der Waals surface area (Å²) in [6.45, 7) is 5.22. The summed E-state index contributed by atoms with van der Waals surface area (Å²) in [7, 11) is 1.96.